The Kier molecular flexibility index (Phi) is 2.87. The average Bonchev–Trinajstić information content (AvgIpc) is 2.25. The molecule has 1 saturated carbocycles. The van der Waals surface area contributed by atoms with E-state index >= 15 is 0 Å². The van der Waals surface area contributed by atoms with Crippen LogP contribution in [0.1, 0.15) is 32.1 Å². The summed E-state index contributed by atoms with van der Waals surface area (Å²) in [7, 11) is 0. The van der Waals surface area contributed by atoms with E-state index in [0.29, 0.717) is 11.3 Å². The van der Waals surface area contributed by atoms with Gasteiger partial charge in [0.25, 0.3) is 0 Å². The maximum Gasteiger partial charge on any atom is 0.239 e. The Morgan fingerprint density at radius 1 is 1.24 bits per heavy atom. The smallest absolute Gasteiger partial charge is 0.239 e. The molecule has 2 saturated heterocycles. The highest BCUT2D eigenvalue weighted by molar-refractivity contribution is 5.83. The quantitative estimate of drug-likeness (QED) is 0.727. The zero-order valence-electron chi connectivity index (χ0n) is 10.5. The number of rotatable bonds is 2. The molecule has 1 atom stereocenters. The first-order valence-corrected chi connectivity index (χ1v) is 6.95. The van der Waals surface area contributed by atoms with Gasteiger partial charge in [-0.1, -0.05) is 19.3 Å². The minimum atomic E-state index is -0.235. The Morgan fingerprint density at radius 2 is 1.88 bits per heavy atom. The molecule has 0 radical (unpaired) electrons. The minimum absolute atomic E-state index is 0.203. The lowest BCUT2D eigenvalue weighted by Gasteiger charge is -2.56. The van der Waals surface area contributed by atoms with Crippen LogP contribution in [0.4, 0.5) is 0 Å². The molecule has 0 aromatic heterocycles. The van der Waals surface area contributed by atoms with Crippen LogP contribution in [-0.2, 0) is 4.79 Å². The number of nitrogens with one attached hydrogen (secondary N) is 1. The highest BCUT2D eigenvalue weighted by Crippen LogP contribution is 2.35. The van der Waals surface area contributed by atoms with Gasteiger partial charge in [0.1, 0.15) is 0 Å². The van der Waals surface area contributed by atoms with E-state index in [2.05, 4.69) is 5.32 Å². The molecule has 0 aromatic carbocycles. The van der Waals surface area contributed by atoms with Gasteiger partial charge in [0.05, 0.1) is 6.04 Å². The van der Waals surface area contributed by atoms with Gasteiger partial charge >= 0.3 is 0 Å². The lowest BCUT2D eigenvalue weighted by molar-refractivity contribution is -0.149. The van der Waals surface area contributed by atoms with Crippen LogP contribution in [0.5, 0.6) is 0 Å². The lowest BCUT2D eigenvalue weighted by atomic mass is 9.73. The Morgan fingerprint density at radius 3 is 2.41 bits per heavy atom. The fourth-order valence-corrected chi connectivity index (χ4v) is 3.53. The van der Waals surface area contributed by atoms with Crippen molar-refractivity contribution in [1.29, 1.82) is 0 Å². The van der Waals surface area contributed by atoms with Gasteiger partial charge in [-0.2, -0.15) is 0 Å². The van der Waals surface area contributed by atoms with Crippen molar-refractivity contribution in [3.05, 3.63) is 0 Å². The molecule has 3 aliphatic rings. The van der Waals surface area contributed by atoms with Crippen LogP contribution in [-0.4, -0.2) is 43.0 Å². The highest BCUT2D eigenvalue weighted by Gasteiger charge is 2.50. The maximum absolute atomic E-state index is 12.2. The predicted molar refractivity (Wildman–Crippen MR) is 66.4 cm³/mol. The highest BCUT2D eigenvalue weighted by atomic mass is 16.2. The zero-order chi connectivity index (χ0) is 11.9. The SMILES string of the molecule is N[C@H](C(=O)N1CC2(CNC2)C1)C1CCCCC1. The summed E-state index contributed by atoms with van der Waals surface area (Å²) in [6.45, 7) is 4.02. The van der Waals surface area contributed by atoms with Crippen LogP contribution in [0.15, 0.2) is 0 Å². The molecule has 2 aliphatic heterocycles. The fourth-order valence-electron chi connectivity index (χ4n) is 3.53. The molecule has 1 spiro atoms. The van der Waals surface area contributed by atoms with E-state index in [1.54, 1.807) is 0 Å². The monoisotopic (exact) mass is 237 g/mol. The van der Waals surface area contributed by atoms with Crippen molar-refractivity contribution in [2.24, 2.45) is 17.1 Å². The van der Waals surface area contributed by atoms with E-state index in [9.17, 15) is 4.79 Å². The average molecular weight is 237 g/mol. The lowest BCUT2D eigenvalue weighted by Crippen LogP contribution is -2.73. The van der Waals surface area contributed by atoms with E-state index in [1.807, 2.05) is 4.90 Å². The van der Waals surface area contributed by atoms with Gasteiger partial charge in [-0.3, -0.25) is 4.79 Å². The number of nitrogens with two attached hydrogens (primary N) is 1. The van der Waals surface area contributed by atoms with Gasteiger partial charge in [-0.15, -0.1) is 0 Å². The zero-order valence-corrected chi connectivity index (χ0v) is 10.5. The number of likely N-dealkylation sites (tertiary alicyclic amines) is 1. The molecule has 1 aliphatic carbocycles. The van der Waals surface area contributed by atoms with Crippen molar-refractivity contribution in [2.45, 2.75) is 38.1 Å². The molecule has 2 heterocycles. The summed E-state index contributed by atoms with van der Waals surface area (Å²) in [5.74, 6) is 0.641. The van der Waals surface area contributed by atoms with Crippen LogP contribution in [0, 0.1) is 11.3 Å². The number of carbonyl (C=O) groups is 1. The van der Waals surface area contributed by atoms with Gasteiger partial charge in [-0.05, 0) is 18.8 Å². The number of hydrogen-bond donors (Lipinski definition) is 2. The summed E-state index contributed by atoms with van der Waals surface area (Å²) in [5, 5.41) is 3.29. The number of carbonyl (C=O) groups excluding carboxylic acids is 1. The molecule has 1 amide bonds. The van der Waals surface area contributed by atoms with Crippen molar-refractivity contribution in [3.63, 3.8) is 0 Å². The molecule has 0 aromatic rings. The molecule has 3 N–H and O–H groups in total. The Balaban J connectivity index is 1.51. The van der Waals surface area contributed by atoms with Crippen molar-refractivity contribution in [2.75, 3.05) is 26.2 Å². The maximum atomic E-state index is 12.2. The van der Waals surface area contributed by atoms with Gasteiger partial charge in [0.2, 0.25) is 5.91 Å². The molecule has 96 valence electrons. The first kappa shape index (κ1) is 11.5. The number of hydrogen-bond acceptors (Lipinski definition) is 3. The Hall–Kier alpha value is -0.610. The molecular weight excluding hydrogens is 214 g/mol. The normalized spacial score (nSPS) is 29.6. The second-order valence-electron chi connectivity index (χ2n) is 6.22. The van der Waals surface area contributed by atoms with Crippen molar-refractivity contribution in [1.82, 2.24) is 10.2 Å². The van der Waals surface area contributed by atoms with Gasteiger partial charge in [0, 0.05) is 31.6 Å². The molecule has 4 heteroatoms. The topological polar surface area (TPSA) is 58.4 Å². The summed E-state index contributed by atoms with van der Waals surface area (Å²) < 4.78 is 0. The van der Waals surface area contributed by atoms with E-state index in [4.69, 9.17) is 5.73 Å². The van der Waals surface area contributed by atoms with E-state index in [0.717, 1.165) is 39.0 Å². The molecular formula is C13H23N3O. The first-order chi connectivity index (χ1) is 8.20. The van der Waals surface area contributed by atoms with Crippen LogP contribution in [0.3, 0.4) is 0 Å². The third kappa shape index (κ3) is 1.97. The first-order valence-electron chi connectivity index (χ1n) is 6.95. The molecule has 3 rings (SSSR count). The van der Waals surface area contributed by atoms with Gasteiger partial charge < -0.3 is 16.0 Å². The van der Waals surface area contributed by atoms with E-state index in [1.165, 1.54) is 19.3 Å². The van der Waals surface area contributed by atoms with Crippen LogP contribution < -0.4 is 11.1 Å². The third-order valence-corrected chi connectivity index (χ3v) is 4.81. The van der Waals surface area contributed by atoms with Crippen molar-refractivity contribution < 1.29 is 4.79 Å². The summed E-state index contributed by atoms with van der Waals surface area (Å²) in [6, 6.07) is -0.235. The molecule has 3 fully saturated rings. The Bertz CT molecular complexity index is 300. The van der Waals surface area contributed by atoms with Crippen molar-refractivity contribution in [3.8, 4) is 0 Å². The summed E-state index contributed by atoms with van der Waals surface area (Å²) >= 11 is 0. The van der Waals surface area contributed by atoms with Crippen LogP contribution in [0.25, 0.3) is 0 Å². The Labute approximate surface area is 103 Å². The molecule has 4 nitrogen and oxygen atoms in total. The largest absolute Gasteiger partial charge is 0.340 e. The van der Waals surface area contributed by atoms with Gasteiger partial charge in [-0.25, -0.2) is 0 Å². The summed E-state index contributed by atoms with van der Waals surface area (Å²) in [6.07, 6.45) is 6.11. The van der Waals surface area contributed by atoms with E-state index < -0.39 is 0 Å². The van der Waals surface area contributed by atoms with Crippen molar-refractivity contribution >= 4 is 5.91 Å². The molecule has 0 unspecified atom stereocenters. The van der Waals surface area contributed by atoms with Crippen LogP contribution in [0.2, 0.25) is 0 Å². The minimum Gasteiger partial charge on any atom is -0.340 e. The summed E-state index contributed by atoms with van der Waals surface area (Å²) in [5.41, 5.74) is 6.56. The summed E-state index contributed by atoms with van der Waals surface area (Å²) in [4.78, 5) is 14.2. The second kappa shape index (κ2) is 4.25. The molecule has 0 bridgehead atoms. The number of nitrogens with zero attached hydrogens (tertiary/aromatic N) is 1. The third-order valence-electron chi connectivity index (χ3n) is 4.81. The number of amides is 1. The van der Waals surface area contributed by atoms with Gasteiger partial charge in [0.15, 0.2) is 0 Å². The van der Waals surface area contributed by atoms with Crippen LogP contribution >= 0.6 is 0 Å². The molecule has 17 heavy (non-hydrogen) atoms. The standard InChI is InChI=1S/C13H23N3O/c14-11(10-4-2-1-3-5-10)12(17)16-8-13(9-16)6-15-7-13/h10-11,15H,1-9,14H2/t11-/m0/s1. The van der Waals surface area contributed by atoms with E-state index in [-0.39, 0.29) is 11.9 Å². The second-order valence-corrected chi connectivity index (χ2v) is 6.22. The predicted octanol–water partition coefficient (Wildman–Crippen LogP) is 0.326. The fraction of sp³-hybridized carbons (Fsp3) is 0.923.